The van der Waals surface area contributed by atoms with Crippen molar-refractivity contribution in [3.8, 4) is 0 Å². The molecule has 172 valence electrons. The van der Waals surface area contributed by atoms with E-state index in [1.807, 2.05) is 0 Å². The Balaban J connectivity index is 2.06. The standard InChI is InChI=1S/C9H17N4O14P3/c10-12-5-1-2-13(9(16)11-5)8-7(15)6(14)4(25-8)3-24-29(20,21)27-30(22,23)26-28(17,18)19/h1-2,4,6-8,14-15H,3,10H2,(H,20,21)(H,22,23)(H,11,12,16)(H2,17,18,19)/t4-,6-,7-,8-/m1/s1. The van der Waals surface area contributed by atoms with Crippen LogP contribution in [0.4, 0.5) is 5.82 Å². The minimum absolute atomic E-state index is 0.00602. The predicted octanol–water partition coefficient (Wildman–Crippen LogP) is -2.51. The van der Waals surface area contributed by atoms with Gasteiger partial charge in [0.2, 0.25) is 0 Å². The second kappa shape index (κ2) is 9.20. The maximum atomic E-state index is 11.9. The number of aromatic nitrogens is 2. The number of hydrazine groups is 1. The molecule has 1 aliphatic rings. The Hall–Kier alpha value is -1.07. The number of hydrogen-bond donors (Lipinski definition) is 8. The van der Waals surface area contributed by atoms with Gasteiger partial charge in [-0.1, -0.05) is 0 Å². The van der Waals surface area contributed by atoms with E-state index in [1.165, 1.54) is 6.07 Å². The fourth-order valence-corrected chi connectivity index (χ4v) is 5.28. The van der Waals surface area contributed by atoms with Gasteiger partial charge in [0.05, 0.1) is 6.61 Å². The molecule has 1 aliphatic heterocycles. The average molecular weight is 498 g/mol. The van der Waals surface area contributed by atoms with Crippen LogP contribution in [-0.2, 0) is 31.6 Å². The summed E-state index contributed by atoms with van der Waals surface area (Å²) in [5.41, 5.74) is 1.18. The number of phosphoric ester groups is 1. The fourth-order valence-electron chi connectivity index (χ4n) is 2.25. The van der Waals surface area contributed by atoms with Gasteiger partial charge in [-0.2, -0.15) is 13.6 Å². The number of rotatable bonds is 9. The summed E-state index contributed by atoms with van der Waals surface area (Å²) >= 11 is 0. The Morgan fingerprint density at radius 1 is 1.13 bits per heavy atom. The molecule has 18 nitrogen and oxygen atoms in total. The Labute approximate surface area is 166 Å². The SMILES string of the molecule is NNc1ccn([C@@H]2O[C@H](COP(=O)(O)OP(=O)(O)OP(=O)(O)O)[C@@H](O)[C@H]2O)c(=O)n1. The first-order valence-electron chi connectivity index (χ1n) is 7.50. The molecule has 2 heterocycles. The number of aliphatic hydroxyl groups is 2. The van der Waals surface area contributed by atoms with Gasteiger partial charge in [0.25, 0.3) is 0 Å². The summed E-state index contributed by atoms with van der Waals surface area (Å²) in [6, 6.07) is 1.24. The van der Waals surface area contributed by atoms with Crippen LogP contribution >= 0.6 is 23.5 Å². The molecule has 1 saturated heterocycles. The quantitative estimate of drug-likeness (QED) is 0.0991. The van der Waals surface area contributed by atoms with Crippen LogP contribution in [-0.4, -0.2) is 64.3 Å². The second-order valence-corrected chi connectivity index (χ2v) is 10.00. The highest BCUT2D eigenvalue weighted by molar-refractivity contribution is 7.66. The highest BCUT2D eigenvalue weighted by atomic mass is 31.3. The van der Waals surface area contributed by atoms with Crippen molar-refractivity contribution in [2.75, 3.05) is 12.0 Å². The smallest absolute Gasteiger partial charge is 0.387 e. The molecule has 1 aromatic rings. The normalized spacial score (nSPS) is 28.6. The third kappa shape index (κ3) is 6.71. The van der Waals surface area contributed by atoms with Gasteiger partial charge in [0.1, 0.15) is 24.1 Å². The number of nitrogens with one attached hydrogen (secondary N) is 1. The van der Waals surface area contributed by atoms with Gasteiger partial charge >= 0.3 is 29.2 Å². The van der Waals surface area contributed by atoms with Gasteiger partial charge < -0.3 is 39.9 Å². The van der Waals surface area contributed by atoms with Crippen LogP contribution in [0.1, 0.15) is 6.23 Å². The van der Waals surface area contributed by atoms with Gasteiger partial charge in [-0.05, 0) is 6.07 Å². The largest absolute Gasteiger partial charge is 0.490 e. The Kier molecular flexibility index (Phi) is 7.72. The van der Waals surface area contributed by atoms with Crippen LogP contribution in [0.2, 0.25) is 0 Å². The van der Waals surface area contributed by atoms with E-state index >= 15 is 0 Å². The number of anilines is 1. The van der Waals surface area contributed by atoms with Crippen molar-refractivity contribution in [3.63, 3.8) is 0 Å². The van der Waals surface area contributed by atoms with Gasteiger partial charge in [-0.15, -0.1) is 0 Å². The van der Waals surface area contributed by atoms with Gasteiger partial charge in [0.15, 0.2) is 6.23 Å². The zero-order chi connectivity index (χ0) is 22.9. The van der Waals surface area contributed by atoms with E-state index in [9.17, 15) is 33.6 Å². The molecule has 0 amide bonds. The summed E-state index contributed by atoms with van der Waals surface area (Å²) in [6.45, 7) is -1.02. The highest BCUT2D eigenvalue weighted by Crippen LogP contribution is 2.66. The maximum Gasteiger partial charge on any atom is 0.490 e. The Bertz CT molecular complexity index is 964. The number of nitrogen functional groups attached to an aromatic ring is 1. The van der Waals surface area contributed by atoms with Crippen LogP contribution in [0.3, 0.4) is 0 Å². The van der Waals surface area contributed by atoms with Gasteiger partial charge in [-0.3, -0.25) is 9.09 Å². The topological polar surface area (TPSA) is 282 Å². The molecular weight excluding hydrogens is 481 g/mol. The van der Waals surface area contributed by atoms with Crippen molar-refractivity contribution < 1.29 is 61.4 Å². The number of ether oxygens (including phenoxy) is 1. The molecule has 1 aromatic heterocycles. The molecule has 0 aliphatic carbocycles. The minimum Gasteiger partial charge on any atom is -0.387 e. The van der Waals surface area contributed by atoms with Crippen molar-refractivity contribution in [1.29, 1.82) is 0 Å². The van der Waals surface area contributed by atoms with E-state index in [2.05, 4.69) is 23.6 Å². The molecule has 0 radical (unpaired) electrons. The second-order valence-electron chi connectivity index (χ2n) is 5.58. The molecule has 30 heavy (non-hydrogen) atoms. The molecule has 0 spiro atoms. The average Bonchev–Trinajstić information content (AvgIpc) is 2.85. The lowest BCUT2D eigenvalue weighted by Crippen LogP contribution is -2.36. The molecule has 2 unspecified atom stereocenters. The number of phosphoric acid groups is 3. The van der Waals surface area contributed by atoms with Crippen LogP contribution in [0.5, 0.6) is 0 Å². The Morgan fingerprint density at radius 3 is 2.30 bits per heavy atom. The lowest BCUT2D eigenvalue weighted by atomic mass is 10.1. The third-order valence-electron chi connectivity index (χ3n) is 3.41. The molecule has 0 aromatic carbocycles. The fraction of sp³-hybridized carbons (Fsp3) is 0.556. The van der Waals surface area contributed by atoms with Crippen molar-refractivity contribution in [1.82, 2.24) is 9.55 Å². The number of aliphatic hydroxyl groups excluding tert-OH is 2. The van der Waals surface area contributed by atoms with E-state index < -0.39 is 60.3 Å². The summed E-state index contributed by atoms with van der Waals surface area (Å²) in [4.78, 5) is 50.8. The molecule has 0 saturated carbocycles. The lowest BCUT2D eigenvalue weighted by Gasteiger charge is -2.19. The number of hydrogen-bond acceptors (Lipinski definition) is 13. The van der Waals surface area contributed by atoms with Crippen molar-refractivity contribution in [2.45, 2.75) is 24.5 Å². The van der Waals surface area contributed by atoms with Gasteiger partial charge in [0, 0.05) is 6.20 Å². The monoisotopic (exact) mass is 498 g/mol. The summed E-state index contributed by atoms with van der Waals surface area (Å²) in [5, 5.41) is 20.1. The van der Waals surface area contributed by atoms with Crippen molar-refractivity contribution >= 4 is 29.3 Å². The van der Waals surface area contributed by atoms with E-state index in [1.54, 1.807) is 0 Å². The van der Waals surface area contributed by atoms with E-state index in [-0.39, 0.29) is 5.82 Å². The van der Waals surface area contributed by atoms with Crippen LogP contribution in [0.15, 0.2) is 17.1 Å². The highest BCUT2D eigenvalue weighted by Gasteiger charge is 2.46. The van der Waals surface area contributed by atoms with Crippen LogP contribution in [0.25, 0.3) is 0 Å². The zero-order valence-electron chi connectivity index (χ0n) is 14.4. The van der Waals surface area contributed by atoms with Crippen LogP contribution < -0.4 is 17.0 Å². The minimum atomic E-state index is -5.72. The molecule has 1 fully saturated rings. The van der Waals surface area contributed by atoms with Gasteiger partial charge in [-0.25, -0.2) is 24.3 Å². The molecule has 21 heteroatoms. The predicted molar refractivity (Wildman–Crippen MR) is 92.0 cm³/mol. The van der Waals surface area contributed by atoms with E-state index in [0.29, 0.717) is 0 Å². The zero-order valence-corrected chi connectivity index (χ0v) is 17.1. The first-order valence-corrected chi connectivity index (χ1v) is 12.0. The third-order valence-corrected chi connectivity index (χ3v) is 7.21. The molecule has 0 bridgehead atoms. The van der Waals surface area contributed by atoms with Crippen molar-refractivity contribution in [2.24, 2.45) is 5.84 Å². The molecular formula is C9H17N4O14P3. The summed E-state index contributed by atoms with van der Waals surface area (Å²) in [5.74, 6) is 5.10. The summed E-state index contributed by atoms with van der Waals surface area (Å²) in [7, 11) is -16.7. The Morgan fingerprint density at radius 2 is 1.77 bits per heavy atom. The molecule has 6 atom stereocenters. The van der Waals surface area contributed by atoms with Crippen molar-refractivity contribution in [3.05, 3.63) is 22.7 Å². The number of nitrogens with zero attached hydrogens (tertiary/aromatic N) is 2. The maximum absolute atomic E-state index is 11.9. The summed E-state index contributed by atoms with van der Waals surface area (Å²) in [6.07, 6.45) is -5.41. The lowest BCUT2D eigenvalue weighted by molar-refractivity contribution is -0.0541. The summed E-state index contributed by atoms with van der Waals surface area (Å²) < 4.78 is 50.9. The molecule has 9 N–H and O–H groups in total. The first kappa shape index (κ1) is 25.2. The van der Waals surface area contributed by atoms with Crippen LogP contribution in [0, 0.1) is 0 Å². The van der Waals surface area contributed by atoms with E-state index in [0.717, 1.165) is 10.8 Å². The number of nitrogens with two attached hydrogens (primary N) is 1. The first-order chi connectivity index (χ1) is 13.6. The molecule has 2 rings (SSSR count). The van der Waals surface area contributed by atoms with E-state index in [4.69, 9.17) is 25.3 Å².